The highest BCUT2D eigenvalue weighted by atomic mass is 35.5. The Morgan fingerprint density at radius 1 is 1.33 bits per heavy atom. The van der Waals surface area contributed by atoms with Gasteiger partial charge in [-0.25, -0.2) is 0 Å². The second kappa shape index (κ2) is 5.83. The molecule has 84 valence electrons. The highest BCUT2D eigenvalue weighted by molar-refractivity contribution is 6.31. The lowest BCUT2D eigenvalue weighted by atomic mass is 10.2. The zero-order valence-electron chi connectivity index (χ0n) is 9.26. The molecule has 0 radical (unpaired) electrons. The molecule has 1 rings (SSSR count). The second-order valence-electron chi connectivity index (χ2n) is 3.22. The summed E-state index contributed by atoms with van der Waals surface area (Å²) >= 11 is 5.97. The minimum Gasteiger partial charge on any atom is -0.494 e. The van der Waals surface area contributed by atoms with Crippen molar-refractivity contribution in [1.82, 2.24) is 0 Å². The molecular formula is C11H16ClNO2. The predicted molar refractivity (Wildman–Crippen MR) is 63.1 cm³/mol. The Balaban J connectivity index is 2.84. The Morgan fingerprint density at radius 3 is 2.67 bits per heavy atom. The first-order valence-electron chi connectivity index (χ1n) is 4.76. The fraction of sp³-hybridized carbons (Fsp3) is 0.455. The Labute approximate surface area is 95.3 Å². The zero-order valence-corrected chi connectivity index (χ0v) is 10.0. The minimum atomic E-state index is 0.648. The largest absolute Gasteiger partial charge is 0.494 e. The third-order valence-electron chi connectivity index (χ3n) is 2.07. The van der Waals surface area contributed by atoms with Crippen molar-refractivity contribution in [1.29, 1.82) is 0 Å². The van der Waals surface area contributed by atoms with Crippen LogP contribution in [0.4, 0.5) is 5.69 Å². The lowest BCUT2D eigenvalue weighted by molar-refractivity contribution is 0.210. The Morgan fingerprint density at radius 2 is 2.07 bits per heavy atom. The van der Waals surface area contributed by atoms with Crippen molar-refractivity contribution in [2.45, 2.75) is 6.92 Å². The van der Waals surface area contributed by atoms with Crippen molar-refractivity contribution >= 4 is 17.3 Å². The van der Waals surface area contributed by atoms with Crippen molar-refractivity contribution < 1.29 is 9.47 Å². The molecule has 0 aliphatic carbocycles. The van der Waals surface area contributed by atoms with E-state index in [9.17, 15) is 0 Å². The van der Waals surface area contributed by atoms with Gasteiger partial charge in [0, 0.05) is 18.7 Å². The van der Waals surface area contributed by atoms with Crippen LogP contribution in [0.15, 0.2) is 12.1 Å². The summed E-state index contributed by atoms with van der Waals surface area (Å²) in [4.78, 5) is 0. The highest BCUT2D eigenvalue weighted by Crippen LogP contribution is 2.31. The quantitative estimate of drug-likeness (QED) is 0.788. The molecule has 1 aromatic rings. The molecule has 4 heteroatoms. The van der Waals surface area contributed by atoms with Gasteiger partial charge in [-0.1, -0.05) is 11.6 Å². The minimum absolute atomic E-state index is 0.648. The molecule has 0 aliphatic heterocycles. The molecule has 0 saturated heterocycles. The maximum Gasteiger partial charge on any atom is 0.144 e. The van der Waals surface area contributed by atoms with Crippen molar-refractivity contribution in [3.8, 4) is 5.75 Å². The van der Waals surface area contributed by atoms with Gasteiger partial charge in [0.25, 0.3) is 0 Å². The number of ether oxygens (including phenoxy) is 2. The van der Waals surface area contributed by atoms with Crippen molar-refractivity contribution in [3.63, 3.8) is 0 Å². The van der Waals surface area contributed by atoms with Crippen LogP contribution in [0.25, 0.3) is 0 Å². The van der Waals surface area contributed by atoms with Crippen LogP contribution < -0.4 is 10.1 Å². The van der Waals surface area contributed by atoms with Crippen LogP contribution in [0.3, 0.4) is 0 Å². The fourth-order valence-electron chi connectivity index (χ4n) is 1.42. The van der Waals surface area contributed by atoms with Crippen LogP contribution in [0.5, 0.6) is 5.75 Å². The van der Waals surface area contributed by atoms with Crippen LogP contribution in [0.1, 0.15) is 5.56 Å². The molecule has 0 amide bonds. The van der Waals surface area contributed by atoms with Gasteiger partial charge in [-0.05, 0) is 24.6 Å². The lowest BCUT2D eigenvalue weighted by Crippen LogP contribution is -2.09. The van der Waals surface area contributed by atoms with Gasteiger partial charge in [-0.3, -0.25) is 0 Å². The van der Waals surface area contributed by atoms with E-state index in [2.05, 4.69) is 5.32 Å². The number of hydrogen-bond acceptors (Lipinski definition) is 3. The monoisotopic (exact) mass is 229 g/mol. The molecule has 3 nitrogen and oxygen atoms in total. The Bertz CT molecular complexity index is 329. The van der Waals surface area contributed by atoms with Crippen LogP contribution in [0.2, 0.25) is 5.02 Å². The van der Waals surface area contributed by atoms with Gasteiger partial charge in [-0.2, -0.15) is 0 Å². The zero-order chi connectivity index (χ0) is 11.3. The van der Waals surface area contributed by atoms with E-state index in [1.165, 1.54) is 0 Å². The smallest absolute Gasteiger partial charge is 0.144 e. The first-order chi connectivity index (χ1) is 7.19. The molecule has 0 spiro atoms. The Hall–Kier alpha value is -0.930. The van der Waals surface area contributed by atoms with Crippen LogP contribution >= 0.6 is 11.6 Å². The number of anilines is 1. The number of aryl methyl sites for hydroxylation is 1. The fourth-order valence-corrected chi connectivity index (χ4v) is 1.69. The van der Waals surface area contributed by atoms with Gasteiger partial charge in [0.05, 0.1) is 19.4 Å². The SMILES string of the molecule is COCCNc1cc(Cl)cc(C)c1OC. The first-order valence-corrected chi connectivity index (χ1v) is 5.13. The van der Waals surface area contributed by atoms with Gasteiger partial charge in [0.15, 0.2) is 0 Å². The first kappa shape index (κ1) is 12.1. The average molecular weight is 230 g/mol. The number of halogens is 1. The molecule has 0 bridgehead atoms. The molecule has 0 saturated carbocycles. The van der Waals surface area contributed by atoms with Gasteiger partial charge >= 0.3 is 0 Å². The summed E-state index contributed by atoms with van der Waals surface area (Å²) < 4.78 is 10.3. The van der Waals surface area contributed by atoms with E-state index in [4.69, 9.17) is 21.1 Å². The molecule has 0 aromatic heterocycles. The molecule has 0 unspecified atom stereocenters. The maximum absolute atomic E-state index is 5.97. The van der Waals surface area contributed by atoms with E-state index in [1.54, 1.807) is 14.2 Å². The number of methoxy groups -OCH3 is 2. The van der Waals surface area contributed by atoms with Crippen LogP contribution in [0, 0.1) is 6.92 Å². The van der Waals surface area contributed by atoms with E-state index in [0.717, 1.165) is 23.5 Å². The number of benzene rings is 1. The number of rotatable bonds is 5. The molecule has 0 fully saturated rings. The molecule has 0 atom stereocenters. The molecule has 15 heavy (non-hydrogen) atoms. The van der Waals surface area contributed by atoms with Gasteiger partial charge in [-0.15, -0.1) is 0 Å². The third-order valence-corrected chi connectivity index (χ3v) is 2.28. The molecular weight excluding hydrogens is 214 g/mol. The summed E-state index contributed by atoms with van der Waals surface area (Å²) in [5, 5.41) is 3.91. The van der Waals surface area contributed by atoms with E-state index in [0.29, 0.717) is 11.6 Å². The summed E-state index contributed by atoms with van der Waals surface area (Å²) in [5.41, 5.74) is 1.92. The summed E-state index contributed by atoms with van der Waals surface area (Å²) in [6, 6.07) is 3.73. The number of nitrogens with one attached hydrogen (secondary N) is 1. The van der Waals surface area contributed by atoms with Gasteiger partial charge < -0.3 is 14.8 Å². The van der Waals surface area contributed by atoms with E-state index >= 15 is 0 Å². The van der Waals surface area contributed by atoms with Gasteiger partial charge in [0.1, 0.15) is 5.75 Å². The van der Waals surface area contributed by atoms with Gasteiger partial charge in [0.2, 0.25) is 0 Å². The predicted octanol–water partition coefficient (Wildman–Crippen LogP) is 2.72. The van der Waals surface area contributed by atoms with E-state index < -0.39 is 0 Å². The van der Waals surface area contributed by atoms with E-state index in [-0.39, 0.29) is 0 Å². The van der Waals surface area contributed by atoms with Crippen molar-refractivity contribution in [2.24, 2.45) is 0 Å². The second-order valence-corrected chi connectivity index (χ2v) is 3.66. The summed E-state index contributed by atoms with van der Waals surface area (Å²) in [6.07, 6.45) is 0. The lowest BCUT2D eigenvalue weighted by Gasteiger charge is -2.13. The maximum atomic E-state index is 5.97. The van der Waals surface area contributed by atoms with Crippen LogP contribution in [-0.4, -0.2) is 27.4 Å². The van der Waals surface area contributed by atoms with Crippen LogP contribution in [-0.2, 0) is 4.74 Å². The summed E-state index contributed by atoms with van der Waals surface area (Å²) in [6.45, 7) is 3.34. The molecule has 0 aliphatic rings. The summed E-state index contributed by atoms with van der Waals surface area (Å²) in [5.74, 6) is 0.829. The summed E-state index contributed by atoms with van der Waals surface area (Å²) in [7, 11) is 3.32. The highest BCUT2D eigenvalue weighted by Gasteiger charge is 2.07. The molecule has 0 heterocycles. The third kappa shape index (κ3) is 3.29. The molecule has 1 aromatic carbocycles. The number of hydrogen-bond donors (Lipinski definition) is 1. The molecule has 1 N–H and O–H groups in total. The Kier molecular flexibility index (Phi) is 4.72. The average Bonchev–Trinajstić information content (AvgIpc) is 2.17. The van der Waals surface area contributed by atoms with Crippen molar-refractivity contribution in [3.05, 3.63) is 22.7 Å². The topological polar surface area (TPSA) is 30.5 Å². The van der Waals surface area contributed by atoms with E-state index in [1.807, 2.05) is 19.1 Å². The standard InChI is InChI=1S/C11H16ClNO2/c1-8-6-9(12)7-10(11(8)15-3)13-4-5-14-2/h6-7,13H,4-5H2,1-3H3. The normalized spacial score (nSPS) is 10.1. The van der Waals surface area contributed by atoms with Crippen molar-refractivity contribution in [2.75, 3.05) is 32.7 Å².